The lowest BCUT2D eigenvalue weighted by molar-refractivity contribution is 0.184. The van der Waals surface area contributed by atoms with Gasteiger partial charge in [0.25, 0.3) is 0 Å². The Bertz CT molecular complexity index is 615. The quantitative estimate of drug-likeness (QED) is 0.808. The van der Waals surface area contributed by atoms with Crippen molar-refractivity contribution in [3.8, 4) is 0 Å². The summed E-state index contributed by atoms with van der Waals surface area (Å²) in [6.45, 7) is 1.42. The Morgan fingerprint density at radius 2 is 2.32 bits per heavy atom. The monoisotopic (exact) mass is 308 g/mol. The average molecular weight is 308 g/mol. The van der Waals surface area contributed by atoms with Gasteiger partial charge >= 0.3 is 6.03 Å². The van der Waals surface area contributed by atoms with Crippen molar-refractivity contribution in [1.29, 1.82) is 0 Å². The van der Waals surface area contributed by atoms with Gasteiger partial charge in [0.2, 0.25) is 5.95 Å². The van der Waals surface area contributed by atoms with Crippen LogP contribution in [0.2, 0.25) is 0 Å². The van der Waals surface area contributed by atoms with Crippen LogP contribution in [0.4, 0.5) is 14.9 Å². The van der Waals surface area contributed by atoms with Crippen LogP contribution in [0.15, 0.2) is 24.7 Å². The van der Waals surface area contributed by atoms with Crippen molar-refractivity contribution >= 4 is 11.7 Å². The molecular formula is C13H17FN6O2. The van der Waals surface area contributed by atoms with Crippen LogP contribution in [0.5, 0.6) is 0 Å². The summed E-state index contributed by atoms with van der Waals surface area (Å²) in [5, 5.41) is 10.4. The van der Waals surface area contributed by atoms with Gasteiger partial charge in [-0.15, -0.1) is 10.2 Å². The van der Waals surface area contributed by atoms with Gasteiger partial charge in [-0.25, -0.2) is 9.78 Å². The molecule has 22 heavy (non-hydrogen) atoms. The molecule has 2 aromatic rings. The largest absolute Gasteiger partial charge is 0.383 e. The van der Waals surface area contributed by atoms with Gasteiger partial charge in [-0.1, -0.05) is 0 Å². The van der Waals surface area contributed by atoms with Crippen molar-refractivity contribution in [3.05, 3.63) is 36.4 Å². The van der Waals surface area contributed by atoms with E-state index in [2.05, 4.69) is 20.5 Å². The first-order valence-electron chi connectivity index (χ1n) is 6.59. The number of carbonyl (C=O) groups excluding carboxylic acids is 1. The number of hydrogen-bond donors (Lipinski definition) is 1. The second-order valence-electron chi connectivity index (χ2n) is 4.59. The van der Waals surface area contributed by atoms with Gasteiger partial charge in [-0.05, 0) is 12.1 Å². The standard InChI is InChI=1S/C13H17FN6O2/c1-19(8-12-18-16-9-20(12)5-6-22-2)13(21)17-10-3-4-11(14)15-7-10/h3-4,7,9H,5-6,8H2,1-2H3,(H,17,21). The van der Waals surface area contributed by atoms with Crippen molar-refractivity contribution in [2.75, 3.05) is 26.1 Å². The van der Waals surface area contributed by atoms with Gasteiger partial charge in [0.05, 0.1) is 25.0 Å². The zero-order chi connectivity index (χ0) is 15.9. The number of anilines is 1. The Hall–Kier alpha value is -2.55. The maximum Gasteiger partial charge on any atom is 0.322 e. The highest BCUT2D eigenvalue weighted by Crippen LogP contribution is 2.07. The van der Waals surface area contributed by atoms with E-state index < -0.39 is 5.95 Å². The Balaban J connectivity index is 1.93. The number of carbonyl (C=O) groups is 1. The molecule has 0 radical (unpaired) electrons. The molecular weight excluding hydrogens is 291 g/mol. The summed E-state index contributed by atoms with van der Waals surface area (Å²) in [6.07, 6.45) is 2.84. The van der Waals surface area contributed by atoms with Crippen LogP contribution in [-0.2, 0) is 17.8 Å². The third kappa shape index (κ3) is 4.22. The minimum Gasteiger partial charge on any atom is -0.383 e. The number of aromatic nitrogens is 4. The highest BCUT2D eigenvalue weighted by Gasteiger charge is 2.13. The van der Waals surface area contributed by atoms with Crippen LogP contribution in [-0.4, -0.2) is 51.4 Å². The summed E-state index contributed by atoms with van der Waals surface area (Å²) in [6, 6.07) is 2.27. The van der Waals surface area contributed by atoms with E-state index in [4.69, 9.17) is 4.74 Å². The molecule has 9 heteroatoms. The highest BCUT2D eigenvalue weighted by molar-refractivity contribution is 5.88. The molecule has 8 nitrogen and oxygen atoms in total. The maximum atomic E-state index is 12.7. The normalized spacial score (nSPS) is 10.5. The fraction of sp³-hybridized carbons (Fsp3) is 0.385. The molecule has 0 atom stereocenters. The number of hydrogen-bond acceptors (Lipinski definition) is 5. The van der Waals surface area contributed by atoms with Gasteiger partial charge in [-0.2, -0.15) is 4.39 Å². The van der Waals surface area contributed by atoms with Crippen molar-refractivity contribution in [2.45, 2.75) is 13.1 Å². The molecule has 2 aromatic heterocycles. The molecule has 0 bridgehead atoms. The molecule has 0 aromatic carbocycles. The van der Waals surface area contributed by atoms with Gasteiger partial charge in [0, 0.05) is 20.7 Å². The molecule has 0 saturated carbocycles. The van der Waals surface area contributed by atoms with Crippen molar-refractivity contribution in [1.82, 2.24) is 24.6 Å². The maximum absolute atomic E-state index is 12.7. The molecule has 1 N–H and O–H groups in total. The van der Waals surface area contributed by atoms with E-state index in [0.29, 0.717) is 24.7 Å². The topological polar surface area (TPSA) is 85.2 Å². The smallest absolute Gasteiger partial charge is 0.322 e. The van der Waals surface area contributed by atoms with E-state index in [1.54, 1.807) is 20.5 Å². The first kappa shape index (κ1) is 15.8. The Kier molecular flexibility index (Phi) is 5.37. The number of rotatable bonds is 6. The molecule has 2 rings (SSSR count). The SMILES string of the molecule is COCCn1cnnc1CN(C)C(=O)Nc1ccc(F)nc1. The summed E-state index contributed by atoms with van der Waals surface area (Å²) in [5.41, 5.74) is 0.416. The Morgan fingerprint density at radius 1 is 1.50 bits per heavy atom. The van der Waals surface area contributed by atoms with Crippen LogP contribution in [0.1, 0.15) is 5.82 Å². The van der Waals surface area contributed by atoms with Crippen molar-refractivity contribution in [2.24, 2.45) is 0 Å². The van der Waals surface area contributed by atoms with Crippen LogP contribution < -0.4 is 5.32 Å². The lowest BCUT2D eigenvalue weighted by Crippen LogP contribution is -2.32. The molecule has 118 valence electrons. The second-order valence-corrected chi connectivity index (χ2v) is 4.59. The number of nitrogens with one attached hydrogen (secondary N) is 1. The minimum atomic E-state index is -0.599. The first-order chi connectivity index (χ1) is 10.6. The molecule has 0 aliphatic carbocycles. The zero-order valence-electron chi connectivity index (χ0n) is 12.4. The van der Waals surface area contributed by atoms with Gasteiger partial charge in [0.15, 0.2) is 5.82 Å². The van der Waals surface area contributed by atoms with E-state index >= 15 is 0 Å². The predicted molar refractivity (Wildman–Crippen MR) is 76.6 cm³/mol. The molecule has 0 spiro atoms. The van der Waals surface area contributed by atoms with Crippen LogP contribution in [0.25, 0.3) is 0 Å². The van der Waals surface area contributed by atoms with Crippen LogP contribution >= 0.6 is 0 Å². The lowest BCUT2D eigenvalue weighted by Gasteiger charge is -2.17. The molecule has 0 saturated heterocycles. The fourth-order valence-electron chi connectivity index (χ4n) is 1.73. The molecule has 2 amide bonds. The van der Waals surface area contributed by atoms with Crippen LogP contribution in [0.3, 0.4) is 0 Å². The van der Waals surface area contributed by atoms with E-state index in [0.717, 1.165) is 0 Å². The number of methoxy groups -OCH3 is 1. The summed E-state index contributed by atoms with van der Waals surface area (Å²) in [5.74, 6) is 0.0459. The number of ether oxygens (including phenoxy) is 1. The van der Waals surface area contributed by atoms with Crippen molar-refractivity contribution in [3.63, 3.8) is 0 Å². The number of amides is 2. The second kappa shape index (κ2) is 7.46. The summed E-state index contributed by atoms with van der Waals surface area (Å²) >= 11 is 0. The number of pyridine rings is 1. The van der Waals surface area contributed by atoms with Gasteiger partial charge in [0.1, 0.15) is 6.33 Å². The van der Waals surface area contributed by atoms with E-state index in [-0.39, 0.29) is 12.6 Å². The Labute approximate surface area is 126 Å². The molecule has 0 fully saturated rings. The van der Waals surface area contributed by atoms with Gasteiger partial charge < -0.3 is 19.5 Å². The Morgan fingerprint density at radius 3 is 3.00 bits per heavy atom. The predicted octanol–water partition coefficient (Wildman–Crippen LogP) is 1.12. The molecule has 0 aliphatic heterocycles. The average Bonchev–Trinajstić information content (AvgIpc) is 2.94. The third-order valence-electron chi connectivity index (χ3n) is 2.94. The van der Waals surface area contributed by atoms with Crippen LogP contribution in [0, 0.1) is 5.95 Å². The first-order valence-corrected chi connectivity index (χ1v) is 6.59. The summed E-state index contributed by atoms with van der Waals surface area (Å²) in [4.78, 5) is 17.0. The summed E-state index contributed by atoms with van der Waals surface area (Å²) in [7, 11) is 3.24. The van der Waals surface area contributed by atoms with E-state index in [1.807, 2.05) is 4.57 Å². The highest BCUT2D eigenvalue weighted by atomic mass is 19.1. The number of halogens is 1. The summed E-state index contributed by atoms with van der Waals surface area (Å²) < 4.78 is 19.5. The fourth-order valence-corrected chi connectivity index (χ4v) is 1.73. The third-order valence-corrected chi connectivity index (χ3v) is 2.94. The van der Waals surface area contributed by atoms with E-state index in [1.165, 1.54) is 23.2 Å². The zero-order valence-corrected chi connectivity index (χ0v) is 12.4. The number of nitrogens with zero attached hydrogens (tertiary/aromatic N) is 5. The number of urea groups is 1. The molecule has 0 unspecified atom stereocenters. The minimum absolute atomic E-state index is 0.282. The van der Waals surface area contributed by atoms with Gasteiger partial charge in [-0.3, -0.25) is 0 Å². The van der Waals surface area contributed by atoms with E-state index in [9.17, 15) is 9.18 Å². The molecule has 2 heterocycles. The van der Waals surface area contributed by atoms with Crippen molar-refractivity contribution < 1.29 is 13.9 Å². The lowest BCUT2D eigenvalue weighted by atomic mass is 10.4. The molecule has 0 aliphatic rings.